The van der Waals surface area contributed by atoms with Gasteiger partial charge in [0.15, 0.2) is 0 Å². The molecule has 0 aliphatic carbocycles. The van der Waals surface area contributed by atoms with Gasteiger partial charge >= 0.3 is 0 Å². The molecule has 1 aromatic rings. The van der Waals surface area contributed by atoms with Crippen molar-refractivity contribution < 1.29 is 4.79 Å². The van der Waals surface area contributed by atoms with Crippen LogP contribution < -0.4 is 4.90 Å². The number of nitrogens with zero attached hydrogens (tertiary/aromatic N) is 1. The number of amides is 1. The molecule has 0 bridgehead atoms. The molecule has 80 valence electrons. The van der Waals surface area contributed by atoms with Crippen molar-refractivity contribution in [3.63, 3.8) is 0 Å². The summed E-state index contributed by atoms with van der Waals surface area (Å²) in [5.41, 5.74) is 2.12. The summed E-state index contributed by atoms with van der Waals surface area (Å²) < 4.78 is 0. The zero-order valence-electron chi connectivity index (χ0n) is 9.53. The first-order valence-electron chi connectivity index (χ1n) is 5.20. The minimum absolute atomic E-state index is 0.0330. The molecule has 0 unspecified atom stereocenters. The van der Waals surface area contributed by atoms with E-state index in [0.29, 0.717) is 6.54 Å². The Morgan fingerprint density at radius 1 is 1.47 bits per heavy atom. The lowest BCUT2D eigenvalue weighted by molar-refractivity contribution is -0.114. The van der Waals surface area contributed by atoms with Gasteiger partial charge in [-0.3, -0.25) is 4.79 Å². The van der Waals surface area contributed by atoms with E-state index in [1.54, 1.807) is 17.1 Å². The molecule has 2 nitrogen and oxygen atoms in total. The fourth-order valence-electron chi connectivity index (χ4n) is 1.49. The van der Waals surface area contributed by atoms with Crippen molar-refractivity contribution >= 4 is 11.6 Å². The van der Waals surface area contributed by atoms with Gasteiger partial charge in [0.25, 0.3) is 5.91 Å². The Kier molecular flexibility index (Phi) is 4.10. The standard InChI is InChI=1S/C13H17NO/c1-4-7-13(15)14(5-2)12-9-6-8-11(3)10-12/h4,6-10H,5H2,1-3H3/b7-4-. The topological polar surface area (TPSA) is 20.3 Å². The van der Waals surface area contributed by atoms with Gasteiger partial charge in [-0.2, -0.15) is 0 Å². The molecule has 1 aromatic carbocycles. The van der Waals surface area contributed by atoms with Crippen molar-refractivity contribution in [2.75, 3.05) is 11.4 Å². The maximum Gasteiger partial charge on any atom is 0.250 e. The molecule has 1 rings (SSSR count). The van der Waals surface area contributed by atoms with Crippen LogP contribution in [0.15, 0.2) is 36.4 Å². The minimum atomic E-state index is 0.0330. The van der Waals surface area contributed by atoms with Gasteiger partial charge < -0.3 is 4.90 Å². The van der Waals surface area contributed by atoms with Crippen molar-refractivity contribution in [1.82, 2.24) is 0 Å². The van der Waals surface area contributed by atoms with Gasteiger partial charge in [-0.05, 0) is 44.5 Å². The predicted octanol–water partition coefficient (Wildman–Crippen LogP) is 2.92. The second-order valence-electron chi connectivity index (χ2n) is 3.42. The van der Waals surface area contributed by atoms with Crippen molar-refractivity contribution in [2.24, 2.45) is 0 Å². The predicted molar refractivity (Wildman–Crippen MR) is 64.0 cm³/mol. The third kappa shape index (κ3) is 2.94. The zero-order valence-corrected chi connectivity index (χ0v) is 9.53. The van der Waals surface area contributed by atoms with Gasteiger partial charge in [0.1, 0.15) is 0 Å². The number of hydrogen-bond donors (Lipinski definition) is 0. The highest BCUT2D eigenvalue weighted by molar-refractivity contribution is 6.01. The average molecular weight is 203 g/mol. The lowest BCUT2D eigenvalue weighted by atomic mass is 10.2. The molecular weight excluding hydrogens is 186 g/mol. The Morgan fingerprint density at radius 2 is 2.20 bits per heavy atom. The summed E-state index contributed by atoms with van der Waals surface area (Å²) >= 11 is 0. The van der Waals surface area contributed by atoms with Gasteiger partial charge in [0.2, 0.25) is 0 Å². The number of hydrogen-bond acceptors (Lipinski definition) is 1. The molecule has 15 heavy (non-hydrogen) atoms. The van der Waals surface area contributed by atoms with Crippen LogP contribution in [0.4, 0.5) is 5.69 Å². The monoisotopic (exact) mass is 203 g/mol. The lowest BCUT2D eigenvalue weighted by Gasteiger charge is -2.19. The van der Waals surface area contributed by atoms with Gasteiger partial charge in [-0.1, -0.05) is 18.2 Å². The molecule has 2 heteroatoms. The van der Waals surface area contributed by atoms with Crippen LogP contribution >= 0.6 is 0 Å². The molecule has 0 N–H and O–H groups in total. The van der Waals surface area contributed by atoms with Crippen LogP contribution in [0.1, 0.15) is 19.4 Å². The van der Waals surface area contributed by atoms with Crippen molar-refractivity contribution in [1.29, 1.82) is 0 Å². The van der Waals surface area contributed by atoms with E-state index in [4.69, 9.17) is 0 Å². The number of anilines is 1. The summed E-state index contributed by atoms with van der Waals surface area (Å²) in [4.78, 5) is 13.5. The fraction of sp³-hybridized carbons (Fsp3) is 0.308. The van der Waals surface area contributed by atoms with Crippen LogP contribution in [0.5, 0.6) is 0 Å². The smallest absolute Gasteiger partial charge is 0.250 e. The summed E-state index contributed by atoms with van der Waals surface area (Å²) in [6.07, 6.45) is 3.35. The summed E-state index contributed by atoms with van der Waals surface area (Å²) in [5.74, 6) is 0.0330. The summed E-state index contributed by atoms with van der Waals surface area (Å²) in [5, 5.41) is 0. The fourth-order valence-corrected chi connectivity index (χ4v) is 1.49. The van der Waals surface area contributed by atoms with E-state index in [1.807, 2.05) is 45.0 Å². The maximum absolute atomic E-state index is 11.7. The highest BCUT2D eigenvalue weighted by Gasteiger charge is 2.09. The van der Waals surface area contributed by atoms with E-state index in [-0.39, 0.29) is 5.91 Å². The van der Waals surface area contributed by atoms with Crippen molar-refractivity contribution in [3.05, 3.63) is 42.0 Å². The normalized spacial score (nSPS) is 10.6. The molecule has 0 aromatic heterocycles. The number of carbonyl (C=O) groups excluding carboxylic acids is 1. The maximum atomic E-state index is 11.7. The van der Waals surface area contributed by atoms with Gasteiger partial charge in [-0.15, -0.1) is 0 Å². The van der Waals surface area contributed by atoms with Gasteiger partial charge in [0.05, 0.1) is 0 Å². The Bertz CT molecular complexity index is 369. The molecule has 0 radical (unpaired) electrons. The Balaban J connectivity index is 2.97. The number of rotatable bonds is 3. The van der Waals surface area contributed by atoms with E-state index in [2.05, 4.69) is 0 Å². The van der Waals surface area contributed by atoms with Crippen molar-refractivity contribution in [3.8, 4) is 0 Å². The second kappa shape index (κ2) is 5.35. The van der Waals surface area contributed by atoms with E-state index >= 15 is 0 Å². The molecule has 1 amide bonds. The molecule has 0 aliphatic heterocycles. The molecular formula is C13H17NO. The SMILES string of the molecule is C/C=C\C(=O)N(CC)c1cccc(C)c1. The average Bonchev–Trinajstić information content (AvgIpc) is 2.19. The number of aryl methyl sites for hydroxylation is 1. The van der Waals surface area contributed by atoms with E-state index < -0.39 is 0 Å². The number of likely N-dealkylation sites (N-methyl/N-ethyl adjacent to an activating group) is 1. The van der Waals surface area contributed by atoms with Gasteiger partial charge in [0, 0.05) is 12.2 Å². The van der Waals surface area contributed by atoms with Crippen LogP contribution in [0.25, 0.3) is 0 Å². The van der Waals surface area contributed by atoms with E-state index in [1.165, 1.54) is 5.56 Å². The number of allylic oxidation sites excluding steroid dienone is 1. The van der Waals surface area contributed by atoms with Crippen LogP contribution in [0, 0.1) is 6.92 Å². The Hall–Kier alpha value is -1.57. The highest BCUT2D eigenvalue weighted by atomic mass is 16.2. The zero-order chi connectivity index (χ0) is 11.3. The Morgan fingerprint density at radius 3 is 2.73 bits per heavy atom. The summed E-state index contributed by atoms with van der Waals surface area (Å²) in [6, 6.07) is 7.97. The third-order valence-corrected chi connectivity index (χ3v) is 2.20. The molecule has 0 aliphatic rings. The second-order valence-corrected chi connectivity index (χ2v) is 3.42. The van der Waals surface area contributed by atoms with Gasteiger partial charge in [-0.25, -0.2) is 0 Å². The summed E-state index contributed by atoms with van der Waals surface area (Å²) in [6.45, 7) is 6.54. The van der Waals surface area contributed by atoms with E-state index in [9.17, 15) is 4.79 Å². The molecule has 0 atom stereocenters. The third-order valence-electron chi connectivity index (χ3n) is 2.20. The van der Waals surface area contributed by atoms with Crippen LogP contribution in [-0.2, 0) is 4.79 Å². The van der Waals surface area contributed by atoms with Crippen molar-refractivity contribution in [2.45, 2.75) is 20.8 Å². The molecule has 0 saturated heterocycles. The number of carbonyl (C=O) groups is 1. The largest absolute Gasteiger partial charge is 0.309 e. The highest BCUT2D eigenvalue weighted by Crippen LogP contribution is 2.15. The first kappa shape index (κ1) is 11.5. The molecule has 0 fully saturated rings. The van der Waals surface area contributed by atoms with Crippen LogP contribution in [0.2, 0.25) is 0 Å². The van der Waals surface area contributed by atoms with Crippen LogP contribution in [0.3, 0.4) is 0 Å². The lowest BCUT2D eigenvalue weighted by Crippen LogP contribution is -2.28. The Labute approximate surface area is 91.2 Å². The van der Waals surface area contributed by atoms with Crippen LogP contribution in [-0.4, -0.2) is 12.5 Å². The molecule has 0 spiro atoms. The minimum Gasteiger partial charge on any atom is -0.309 e. The summed E-state index contributed by atoms with van der Waals surface area (Å²) in [7, 11) is 0. The molecule has 0 saturated carbocycles. The van der Waals surface area contributed by atoms with E-state index in [0.717, 1.165) is 5.69 Å². The first-order chi connectivity index (χ1) is 7.19. The number of benzene rings is 1. The first-order valence-corrected chi connectivity index (χ1v) is 5.20. The molecule has 0 heterocycles. The quantitative estimate of drug-likeness (QED) is 0.692.